The number of hydrogen-bond acceptors (Lipinski definition) is 7. The lowest BCUT2D eigenvalue weighted by molar-refractivity contribution is -0.154. The molecule has 0 radical (unpaired) electrons. The van der Waals surface area contributed by atoms with Crippen LogP contribution < -0.4 is 0 Å². The SMILES string of the molecule is CCCCCCCCC(=O)OCCCCCCCC(CCCCCC(C)(C)C(=O)OCCCC(CCCCC)CCCCC)OC(=O)CCCN(C)C. The molecule has 314 valence electrons. The van der Waals surface area contributed by atoms with Crippen LogP contribution in [-0.4, -0.2) is 62.8 Å². The van der Waals surface area contributed by atoms with Gasteiger partial charge in [0.2, 0.25) is 0 Å². The van der Waals surface area contributed by atoms with Crippen LogP contribution in [0.4, 0.5) is 0 Å². The van der Waals surface area contributed by atoms with Crippen LogP contribution in [0, 0.1) is 11.3 Å². The molecule has 1 unspecified atom stereocenters. The lowest BCUT2D eigenvalue weighted by Crippen LogP contribution is -2.27. The maximum Gasteiger partial charge on any atom is 0.311 e. The highest BCUT2D eigenvalue weighted by Gasteiger charge is 2.28. The molecule has 1 atom stereocenters. The molecule has 0 bridgehead atoms. The molecule has 0 saturated carbocycles. The number of carbonyl (C=O) groups excluding carboxylic acids is 3. The Labute approximate surface area is 329 Å². The van der Waals surface area contributed by atoms with Gasteiger partial charge in [-0.15, -0.1) is 0 Å². The van der Waals surface area contributed by atoms with E-state index < -0.39 is 5.41 Å². The molecule has 0 spiro atoms. The summed E-state index contributed by atoms with van der Waals surface area (Å²) in [7, 11) is 4.05. The summed E-state index contributed by atoms with van der Waals surface area (Å²) in [6, 6.07) is 0. The molecular formula is C46H89NO6. The first-order valence-corrected chi connectivity index (χ1v) is 22.7. The van der Waals surface area contributed by atoms with Gasteiger partial charge in [0.25, 0.3) is 0 Å². The van der Waals surface area contributed by atoms with Crippen LogP contribution in [0.15, 0.2) is 0 Å². The highest BCUT2D eigenvalue weighted by molar-refractivity contribution is 5.75. The summed E-state index contributed by atoms with van der Waals surface area (Å²) in [6.07, 6.45) is 32.1. The number of rotatable bonds is 39. The molecule has 53 heavy (non-hydrogen) atoms. The third kappa shape index (κ3) is 33.4. The summed E-state index contributed by atoms with van der Waals surface area (Å²) in [5.74, 6) is 0.561. The van der Waals surface area contributed by atoms with Gasteiger partial charge in [0.1, 0.15) is 6.10 Å². The monoisotopic (exact) mass is 752 g/mol. The Morgan fingerprint density at radius 1 is 0.509 bits per heavy atom. The number of ether oxygens (including phenoxy) is 3. The van der Waals surface area contributed by atoms with Gasteiger partial charge in [-0.3, -0.25) is 14.4 Å². The van der Waals surface area contributed by atoms with Crippen molar-refractivity contribution in [1.82, 2.24) is 4.90 Å². The first-order chi connectivity index (χ1) is 25.5. The number of hydrogen-bond donors (Lipinski definition) is 0. The molecule has 0 N–H and O–H groups in total. The van der Waals surface area contributed by atoms with Crippen molar-refractivity contribution in [3.05, 3.63) is 0 Å². The van der Waals surface area contributed by atoms with Crippen LogP contribution in [0.5, 0.6) is 0 Å². The molecule has 7 nitrogen and oxygen atoms in total. The van der Waals surface area contributed by atoms with Gasteiger partial charge in [0.05, 0.1) is 18.6 Å². The van der Waals surface area contributed by atoms with E-state index in [1.165, 1.54) is 83.5 Å². The second kappa shape index (κ2) is 36.0. The molecule has 0 aliphatic rings. The van der Waals surface area contributed by atoms with E-state index in [1.54, 1.807) is 0 Å². The van der Waals surface area contributed by atoms with Crippen molar-refractivity contribution in [2.24, 2.45) is 11.3 Å². The van der Waals surface area contributed by atoms with Gasteiger partial charge in [0.15, 0.2) is 0 Å². The van der Waals surface area contributed by atoms with E-state index in [9.17, 15) is 14.4 Å². The first kappa shape index (κ1) is 51.4. The molecule has 0 aromatic rings. The predicted octanol–water partition coefficient (Wildman–Crippen LogP) is 13.0. The topological polar surface area (TPSA) is 82.1 Å². The molecule has 0 amide bonds. The van der Waals surface area contributed by atoms with E-state index in [-0.39, 0.29) is 24.0 Å². The summed E-state index contributed by atoms with van der Waals surface area (Å²) in [4.78, 5) is 39.7. The minimum Gasteiger partial charge on any atom is -0.466 e. The minimum absolute atomic E-state index is 0.0458. The Balaban J connectivity index is 4.45. The predicted molar refractivity (Wildman–Crippen MR) is 223 cm³/mol. The van der Waals surface area contributed by atoms with Crippen LogP contribution in [-0.2, 0) is 28.6 Å². The molecule has 0 heterocycles. The van der Waals surface area contributed by atoms with E-state index in [4.69, 9.17) is 14.2 Å². The van der Waals surface area contributed by atoms with E-state index in [2.05, 4.69) is 25.7 Å². The Morgan fingerprint density at radius 2 is 0.981 bits per heavy atom. The van der Waals surface area contributed by atoms with E-state index in [0.29, 0.717) is 26.1 Å². The quantitative estimate of drug-likeness (QED) is 0.0351. The highest BCUT2D eigenvalue weighted by Crippen LogP contribution is 2.27. The van der Waals surface area contributed by atoms with Crippen molar-refractivity contribution >= 4 is 17.9 Å². The fourth-order valence-electron chi connectivity index (χ4n) is 7.11. The second-order valence-corrected chi connectivity index (χ2v) is 16.9. The first-order valence-electron chi connectivity index (χ1n) is 22.7. The van der Waals surface area contributed by atoms with Crippen molar-refractivity contribution in [2.75, 3.05) is 33.9 Å². The number of unbranched alkanes of at least 4 members (excludes halogenated alkanes) is 15. The van der Waals surface area contributed by atoms with Crippen molar-refractivity contribution in [3.8, 4) is 0 Å². The van der Waals surface area contributed by atoms with Crippen molar-refractivity contribution < 1.29 is 28.6 Å². The Hall–Kier alpha value is -1.63. The fourth-order valence-corrected chi connectivity index (χ4v) is 7.11. The summed E-state index contributed by atoms with van der Waals surface area (Å²) < 4.78 is 17.2. The van der Waals surface area contributed by atoms with Gasteiger partial charge in [-0.25, -0.2) is 0 Å². The number of esters is 3. The average Bonchev–Trinajstić information content (AvgIpc) is 3.11. The molecule has 0 saturated heterocycles. The van der Waals surface area contributed by atoms with Crippen LogP contribution in [0.25, 0.3) is 0 Å². The molecule has 7 heteroatoms. The summed E-state index contributed by atoms with van der Waals surface area (Å²) >= 11 is 0. The van der Waals surface area contributed by atoms with E-state index >= 15 is 0 Å². The second-order valence-electron chi connectivity index (χ2n) is 16.9. The molecule has 0 rings (SSSR count). The molecular weight excluding hydrogens is 663 g/mol. The molecule has 0 fully saturated rings. The minimum atomic E-state index is -0.480. The highest BCUT2D eigenvalue weighted by atomic mass is 16.5. The van der Waals surface area contributed by atoms with Gasteiger partial charge in [0, 0.05) is 12.8 Å². The zero-order valence-electron chi connectivity index (χ0n) is 36.4. The Kier molecular flexibility index (Phi) is 34.9. The van der Waals surface area contributed by atoms with Gasteiger partial charge in [-0.05, 0) is 105 Å². The zero-order valence-corrected chi connectivity index (χ0v) is 36.4. The molecule has 0 aromatic heterocycles. The largest absolute Gasteiger partial charge is 0.466 e. The fraction of sp³-hybridized carbons (Fsp3) is 0.935. The lowest BCUT2D eigenvalue weighted by atomic mass is 9.86. The third-order valence-electron chi connectivity index (χ3n) is 10.8. The molecule has 0 aliphatic heterocycles. The summed E-state index contributed by atoms with van der Waals surface area (Å²) in [6.45, 7) is 12.7. The van der Waals surface area contributed by atoms with Gasteiger partial charge < -0.3 is 19.1 Å². The number of carbonyl (C=O) groups is 3. The Morgan fingerprint density at radius 3 is 1.60 bits per heavy atom. The summed E-state index contributed by atoms with van der Waals surface area (Å²) in [5, 5.41) is 0. The van der Waals surface area contributed by atoms with Crippen LogP contribution in [0.3, 0.4) is 0 Å². The van der Waals surface area contributed by atoms with Gasteiger partial charge in [-0.1, -0.05) is 136 Å². The van der Waals surface area contributed by atoms with Crippen molar-refractivity contribution in [1.29, 1.82) is 0 Å². The number of nitrogens with zero attached hydrogens (tertiary/aromatic N) is 1. The van der Waals surface area contributed by atoms with Crippen molar-refractivity contribution in [2.45, 2.75) is 233 Å². The average molecular weight is 752 g/mol. The standard InChI is InChI=1S/C46H89NO6/c1-8-11-14-15-18-25-35-43(48)51-39-27-19-16-17-23-33-42(53-44(49)36-28-38-47(6)7)34-24-20-26-37-46(4,5)45(50)52-40-29-32-41(30-21-12-9-2)31-22-13-10-3/h41-42H,8-40H2,1-7H3. The third-order valence-corrected chi connectivity index (χ3v) is 10.8. The lowest BCUT2D eigenvalue weighted by Gasteiger charge is -2.23. The van der Waals surface area contributed by atoms with Crippen molar-refractivity contribution in [3.63, 3.8) is 0 Å². The zero-order chi connectivity index (χ0) is 39.4. The van der Waals surface area contributed by atoms with E-state index in [0.717, 1.165) is 109 Å². The van der Waals surface area contributed by atoms with Gasteiger partial charge in [-0.2, -0.15) is 0 Å². The molecule has 0 aliphatic carbocycles. The van der Waals surface area contributed by atoms with Crippen LogP contribution in [0.1, 0.15) is 227 Å². The normalized spacial score (nSPS) is 12.4. The summed E-state index contributed by atoms with van der Waals surface area (Å²) in [5.41, 5.74) is -0.480. The van der Waals surface area contributed by atoms with Crippen LogP contribution >= 0.6 is 0 Å². The Bertz CT molecular complexity index is 849. The maximum absolute atomic E-state index is 13.0. The molecule has 0 aromatic carbocycles. The maximum atomic E-state index is 13.0. The smallest absolute Gasteiger partial charge is 0.311 e. The van der Waals surface area contributed by atoms with Crippen LogP contribution in [0.2, 0.25) is 0 Å². The van der Waals surface area contributed by atoms with E-state index in [1.807, 2.05) is 27.9 Å². The van der Waals surface area contributed by atoms with Gasteiger partial charge >= 0.3 is 17.9 Å².